The van der Waals surface area contributed by atoms with Crippen LogP contribution in [0.3, 0.4) is 0 Å². The van der Waals surface area contributed by atoms with Crippen molar-refractivity contribution in [2.24, 2.45) is 0 Å². The van der Waals surface area contributed by atoms with Crippen LogP contribution >= 0.6 is 34.3 Å². The lowest BCUT2D eigenvalue weighted by atomic mass is 10.3. The molecule has 0 aliphatic rings. The maximum absolute atomic E-state index is 5.84. The number of hydrogen-bond acceptors (Lipinski definition) is 4. The van der Waals surface area contributed by atoms with Gasteiger partial charge in [-0.1, -0.05) is 29.8 Å². The third kappa shape index (κ3) is 2.76. The second kappa shape index (κ2) is 5.65. The summed E-state index contributed by atoms with van der Waals surface area (Å²) in [6.45, 7) is 0. The Bertz CT molecular complexity index is 777. The molecule has 0 amide bonds. The predicted molar refractivity (Wildman–Crippen MR) is 84.3 cm³/mol. The minimum absolute atomic E-state index is 0.735. The lowest BCUT2D eigenvalue weighted by Gasteiger charge is -1.87. The summed E-state index contributed by atoms with van der Waals surface area (Å²) in [6, 6.07) is 13.9. The first-order valence-electron chi connectivity index (χ1n) is 5.60. The van der Waals surface area contributed by atoms with Gasteiger partial charge in [0.25, 0.3) is 0 Å². The summed E-state index contributed by atoms with van der Waals surface area (Å²) in [5.74, 6) is 0. The highest BCUT2D eigenvalue weighted by molar-refractivity contribution is 7.17. The van der Waals surface area contributed by atoms with Gasteiger partial charge in [-0.05, 0) is 24.3 Å². The van der Waals surface area contributed by atoms with Gasteiger partial charge in [-0.25, -0.2) is 9.97 Å². The number of para-hydroxylation sites is 2. The van der Waals surface area contributed by atoms with Crippen LogP contribution in [0.1, 0.15) is 0 Å². The van der Waals surface area contributed by atoms with Crippen molar-refractivity contribution in [2.75, 3.05) is 0 Å². The van der Waals surface area contributed by atoms with Gasteiger partial charge in [-0.2, -0.15) is 0 Å². The average molecular weight is 305 g/mol. The quantitative estimate of drug-likeness (QED) is 0.443. The zero-order valence-corrected chi connectivity index (χ0v) is 12.2. The van der Waals surface area contributed by atoms with E-state index in [9.17, 15) is 0 Å². The molecule has 2 aromatic heterocycles. The Labute approximate surface area is 123 Å². The van der Waals surface area contributed by atoms with Crippen LogP contribution in [0, 0.1) is 0 Å². The Kier molecular flexibility index (Phi) is 3.73. The van der Waals surface area contributed by atoms with Crippen molar-refractivity contribution in [2.45, 2.75) is 0 Å². The Morgan fingerprint density at radius 2 is 1.53 bits per heavy atom. The molecule has 0 N–H and O–H groups in total. The van der Waals surface area contributed by atoms with E-state index >= 15 is 0 Å². The third-order valence-electron chi connectivity index (χ3n) is 2.55. The smallest absolute Gasteiger partial charge is 0.0998 e. The first-order chi connectivity index (χ1) is 9.34. The number of aromatic nitrogens is 2. The Balaban J connectivity index is 0.000000117. The van der Waals surface area contributed by atoms with Crippen LogP contribution in [-0.4, -0.2) is 9.97 Å². The number of rotatable bonds is 0. The van der Waals surface area contributed by atoms with E-state index in [-0.39, 0.29) is 0 Å². The van der Waals surface area contributed by atoms with Crippen LogP contribution in [0.25, 0.3) is 20.4 Å². The van der Waals surface area contributed by atoms with Crippen molar-refractivity contribution in [3.05, 3.63) is 58.5 Å². The minimum atomic E-state index is 0.735. The van der Waals surface area contributed by atoms with Crippen LogP contribution in [0.5, 0.6) is 0 Å². The summed E-state index contributed by atoms with van der Waals surface area (Å²) in [6.07, 6.45) is 0. The van der Waals surface area contributed by atoms with Crippen LogP contribution < -0.4 is 0 Å². The van der Waals surface area contributed by atoms with E-state index in [1.54, 1.807) is 28.2 Å². The fraction of sp³-hybridized carbons (Fsp3) is 0. The highest BCUT2D eigenvalue weighted by atomic mass is 35.5. The molecule has 2 aromatic carbocycles. The number of fused-ring (bicyclic) bond motifs is 2. The lowest BCUT2D eigenvalue weighted by molar-refractivity contribution is 1.50. The van der Waals surface area contributed by atoms with Crippen LogP contribution in [0.4, 0.5) is 0 Å². The Morgan fingerprint density at radius 1 is 0.789 bits per heavy atom. The minimum Gasteiger partial charge on any atom is -0.245 e. The molecule has 0 saturated carbocycles. The van der Waals surface area contributed by atoms with E-state index in [2.05, 4.69) is 16.0 Å². The van der Waals surface area contributed by atoms with Crippen LogP contribution in [-0.2, 0) is 0 Å². The number of halogens is 1. The van der Waals surface area contributed by atoms with Crippen LogP contribution in [0.2, 0.25) is 5.02 Å². The molecule has 0 bridgehead atoms. The normalized spacial score (nSPS) is 10.4. The molecule has 4 aromatic rings. The fourth-order valence-corrected chi connectivity index (χ4v) is 3.32. The van der Waals surface area contributed by atoms with E-state index in [1.165, 1.54) is 4.70 Å². The van der Waals surface area contributed by atoms with Gasteiger partial charge < -0.3 is 0 Å². The number of thiazole rings is 2. The van der Waals surface area contributed by atoms with E-state index < -0.39 is 0 Å². The zero-order chi connectivity index (χ0) is 13.1. The van der Waals surface area contributed by atoms with Gasteiger partial charge in [-0.3, -0.25) is 0 Å². The van der Waals surface area contributed by atoms with E-state index in [4.69, 9.17) is 11.6 Å². The molecule has 2 nitrogen and oxygen atoms in total. The summed E-state index contributed by atoms with van der Waals surface area (Å²) in [7, 11) is 0. The molecular formula is C14H9ClN2S2. The summed E-state index contributed by atoms with van der Waals surface area (Å²) in [5.41, 5.74) is 5.68. The van der Waals surface area contributed by atoms with Gasteiger partial charge in [0.05, 0.1) is 36.5 Å². The van der Waals surface area contributed by atoms with Gasteiger partial charge in [0.1, 0.15) is 0 Å². The number of hydrogen-bond donors (Lipinski definition) is 0. The van der Waals surface area contributed by atoms with Crippen molar-refractivity contribution < 1.29 is 0 Å². The largest absolute Gasteiger partial charge is 0.245 e. The van der Waals surface area contributed by atoms with Crippen molar-refractivity contribution in [1.29, 1.82) is 0 Å². The van der Waals surface area contributed by atoms with Crippen molar-refractivity contribution in [1.82, 2.24) is 9.97 Å². The second-order valence-corrected chi connectivity index (χ2v) is 5.94. The molecule has 0 atom stereocenters. The molecular weight excluding hydrogens is 296 g/mol. The Morgan fingerprint density at radius 3 is 2.37 bits per heavy atom. The molecule has 0 saturated heterocycles. The van der Waals surface area contributed by atoms with E-state index in [0.29, 0.717) is 0 Å². The fourth-order valence-electron chi connectivity index (χ4n) is 1.66. The highest BCUT2D eigenvalue weighted by Gasteiger charge is 1.98. The molecule has 0 fully saturated rings. The zero-order valence-electron chi connectivity index (χ0n) is 9.79. The van der Waals surface area contributed by atoms with Crippen molar-refractivity contribution in [3.63, 3.8) is 0 Å². The average Bonchev–Trinajstić information content (AvgIpc) is 3.08. The lowest BCUT2D eigenvalue weighted by Crippen LogP contribution is -1.66. The molecule has 0 spiro atoms. The molecule has 0 radical (unpaired) electrons. The maximum atomic E-state index is 5.84. The first kappa shape index (κ1) is 12.5. The summed E-state index contributed by atoms with van der Waals surface area (Å²) in [4.78, 5) is 8.24. The summed E-state index contributed by atoms with van der Waals surface area (Å²) < 4.78 is 2.41. The van der Waals surface area contributed by atoms with Gasteiger partial charge in [-0.15, -0.1) is 22.7 Å². The maximum Gasteiger partial charge on any atom is 0.0998 e. The van der Waals surface area contributed by atoms with E-state index in [0.717, 1.165) is 20.8 Å². The number of benzene rings is 2. The topological polar surface area (TPSA) is 25.8 Å². The molecule has 0 unspecified atom stereocenters. The molecule has 5 heteroatoms. The molecule has 0 aliphatic carbocycles. The standard InChI is InChI=1S/C7H4ClNS.C7H5NS/c8-5-2-1-3-6-7(5)9-4-10-6;1-2-4-7-6(3-1)8-5-9-7/h1-4H;1-5H. The molecule has 2 heterocycles. The van der Waals surface area contributed by atoms with Crippen molar-refractivity contribution in [3.8, 4) is 0 Å². The molecule has 19 heavy (non-hydrogen) atoms. The first-order valence-corrected chi connectivity index (χ1v) is 7.74. The van der Waals surface area contributed by atoms with Crippen molar-refractivity contribution >= 4 is 54.7 Å². The molecule has 0 aliphatic heterocycles. The third-order valence-corrected chi connectivity index (χ3v) is 4.46. The SMILES string of the molecule is Clc1cccc2scnc12.c1ccc2scnc2c1. The number of nitrogens with zero attached hydrogens (tertiary/aromatic N) is 2. The van der Waals surface area contributed by atoms with Gasteiger partial charge in [0.2, 0.25) is 0 Å². The second-order valence-electron chi connectivity index (χ2n) is 3.76. The van der Waals surface area contributed by atoms with Gasteiger partial charge in [0, 0.05) is 0 Å². The predicted octanol–water partition coefficient (Wildman–Crippen LogP) is 5.25. The van der Waals surface area contributed by atoms with Gasteiger partial charge in [0.15, 0.2) is 0 Å². The monoisotopic (exact) mass is 304 g/mol. The summed E-state index contributed by atoms with van der Waals surface area (Å²) >= 11 is 9.12. The van der Waals surface area contributed by atoms with Crippen LogP contribution in [0.15, 0.2) is 53.5 Å². The Hall–Kier alpha value is -1.49. The van der Waals surface area contributed by atoms with Gasteiger partial charge >= 0.3 is 0 Å². The molecule has 94 valence electrons. The summed E-state index contributed by atoms with van der Waals surface area (Å²) in [5, 5.41) is 0.735. The molecule has 4 rings (SSSR count). The van der Waals surface area contributed by atoms with E-state index in [1.807, 2.05) is 41.9 Å². The highest BCUT2D eigenvalue weighted by Crippen LogP contribution is 2.24.